The summed E-state index contributed by atoms with van der Waals surface area (Å²) in [6.07, 6.45) is 12.9. The Labute approximate surface area is 207 Å². The highest BCUT2D eigenvalue weighted by Gasteiger charge is 2.65. The molecule has 2 aliphatic carbocycles. The molecule has 2 fully saturated rings. The minimum Gasteiger partial charge on any atom is -0.355 e. The van der Waals surface area contributed by atoms with Crippen molar-refractivity contribution in [2.75, 3.05) is 18.0 Å². The summed E-state index contributed by atoms with van der Waals surface area (Å²) in [5, 5.41) is 7.53. The highest BCUT2D eigenvalue weighted by Crippen LogP contribution is 2.65. The molecule has 180 valence electrons. The van der Waals surface area contributed by atoms with Crippen LogP contribution in [0.15, 0.2) is 65.3 Å². The molecular formula is C28H25FN6O. The van der Waals surface area contributed by atoms with Crippen LogP contribution in [-0.2, 0) is 10.2 Å². The van der Waals surface area contributed by atoms with Gasteiger partial charge in [0, 0.05) is 30.3 Å². The van der Waals surface area contributed by atoms with Crippen LogP contribution in [0.25, 0.3) is 16.7 Å². The largest absolute Gasteiger partial charge is 0.355 e. The van der Waals surface area contributed by atoms with E-state index < -0.39 is 0 Å². The van der Waals surface area contributed by atoms with E-state index in [1.807, 2.05) is 42.6 Å². The quantitative estimate of drug-likeness (QED) is 0.598. The lowest BCUT2D eigenvalue weighted by molar-refractivity contribution is -0.119. The minimum atomic E-state index is -0.324. The number of H-pyrrole nitrogens is 1. The molecule has 2 aromatic heterocycles. The number of nitrogens with zero attached hydrogens (tertiary/aromatic N) is 5. The zero-order valence-corrected chi connectivity index (χ0v) is 19.9. The molecule has 1 aromatic carbocycles. The summed E-state index contributed by atoms with van der Waals surface area (Å²) in [6, 6.07) is 7.25. The molecule has 0 spiro atoms. The number of aromatic nitrogens is 4. The van der Waals surface area contributed by atoms with Gasteiger partial charge in [-0.2, -0.15) is 5.10 Å². The molecular weight excluding hydrogens is 455 g/mol. The minimum absolute atomic E-state index is 0.0886. The van der Waals surface area contributed by atoms with Gasteiger partial charge in [-0.25, -0.2) is 19.4 Å². The smallest absolute Gasteiger partial charge is 0.257 e. The fraction of sp³-hybridized carbons (Fsp3) is 0.321. The van der Waals surface area contributed by atoms with E-state index in [2.05, 4.69) is 27.0 Å². The molecule has 4 atom stereocenters. The fourth-order valence-corrected chi connectivity index (χ4v) is 6.72. The van der Waals surface area contributed by atoms with Crippen molar-refractivity contribution in [3.8, 4) is 0 Å². The van der Waals surface area contributed by atoms with Gasteiger partial charge in [0.25, 0.3) is 5.91 Å². The fourth-order valence-electron chi connectivity index (χ4n) is 6.72. The lowest BCUT2D eigenvalue weighted by Crippen LogP contribution is -2.32. The lowest BCUT2D eigenvalue weighted by Gasteiger charge is -2.26. The Morgan fingerprint density at radius 2 is 2.14 bits per heavy atom. The average molecular weight is 481 g/mol. The Morgan fingerprint density at radius 3 is 3.00 bits per heavy atom. The zero-order valence-electron chi connectivity index (χ0n) is 19.9. The van der Waals surface area contributed by atoms with E-state index in [0.29, 0.717) is 23.0 Å². The summed E-state index contributed by atoms with van der Waals surface area (Å²) in [5.74, 6) is 1.14. The number of aromatic amines is 1. The second kappa shape index (κ2) is 7.78. The Bertz CT molecular complexity index is 1530. The first-order chi connectivity index (χ1) is 17.6. The number of dihydropyridines is 1. The molecule has 7 rings (SSSR count). The van der Waals surface area contributed by atoms with E-state index >= 15 is 0 Å². The normalized spacial score (nSPS) is 28.6. The highest BCUT2D eigenvalue weighted by atomic mass is 19.1. The maximum Gasteiger partial charge on any atom is 0.257 e. The van der Waals surface area contributed by atoms with Gasteiger partial charge >= 0.3 is 0 Å². The van der Waals surface area contributed by atoms with Crippen LogP contribution in [0.4, 0.5) is 10.2 Å². The van der Waals surface area contributed by atoms with Crippen molar-refractivity contribution in [3.63, 3.8) is 0 Å². The van der Waals surface area contributed by atoms with E-state index in [4.69, 9.17) is 9.97 Å². The number of benzene rings is 1. The van der Waals surface area contributed by atoms with Crippen LogP contribution in [0.5, 0.6) is 0 Å². The molecule has 3 aromatic rings. The Morgan fingerprint density at radius 1 is 1.25 bits per heavy atom. The summed E-state index contributed by atoms with van der Waals surface area (Å²) < 4.78 is 14.7. The maximum atomic E-state index is 14.7. The van der Waals surface area contributed by atoms with Crippen molar-refractivity contribution < 1.29 is 9.18 Å². The first-order valence-corrected chi connectivity index (χ1v) is 12.5. The van der Waals surface area contributed by atoms with Crippen molar-refractivity contribution in [3.05, 3.63) is 77.4 Å². The van der Waals surface area contributed by atoms with Crippen LogP contribution in [0.2, 0.25) is 0 Å². The number of fused-ring (bicyclic) bond motifs is 3. The first-order valence-electron chi connectivity index (χ1n) is 12.5. The lowest BCUT2D eigenvalue weighted by atomic mass is 9.88. The van der Waals surface area contributed by atoms with Gasteiger partial charge in [0.15, 0.2) is 0 Å². The molecule has 2 aliphatic heterocycles. The monoisotopic (exact) mass is 480 g/mol. The van der Waals surface area contributed by atoms with E-state index in [0.717, 1.165) is 54.2 Å². The highest BCUT2D eigenvalue weighted by molar-refractivity contribution is 6.00. The van der Waals surface area contributed by atoms with Crippen LogP contribution in [0, 0.1) is 23.6 Å². The maximum absolute atomic E-state index is 14.7. The predicted octanol–water partition coefficient (Wildman–Crippen LogP) is 4.40. The Hall–Kier alpha value is -3.94. The molecule has 4 aliphatic rings. The van der Waals surface area contributed by atoms with Gasteiger partial charge in [0.05, 0.1) is 17.8 Å². The number of allylic oxidation sites excluding steroid dienone is 4. The van der Waals surface area contributed by atoms with Crippen LogP contribution in [0.1, 0.15) is 31.0 Å². The molecule has 7 nitrogen and oxygen atoms in total. The summed E-state index contributed by atoms with van der Waals surface area (Å²) in [7, 11) is 0. The number of carbonyl (C=O) groups excluding carboxylic acids is 1. The van der Waals surface area contributed by atoms with Crippen LogP contribution in [0.3, 0.4) is 0 Å². The first kappa shape index (κ1) is 21.4. The Kier molecular flexibility index (Phi) is 4.61. The summed E-state index contributed by atoms with van der Waals surface area (Å²) in [5.41, 5.74) is 4.61. The van der Waals surface area contributed by atoms with Gasteiger partial charge in [-0.3, -0.25) is 9.89 Å². The van der Waals surface area contributed by atoms with Crippen molar-refractivity contribution >= 4 is 34.7 Å². The molecule has 1 unspecified atom stereocenters. The topological polar surface area (TPSA) is 87.1 Å². The van der Waals surface area contributed by atoms with Crippen molar-refractivity contribution in [1.82, 2.24) is 20.2 Å². The third-order valence-corrected chi connectivity index (χ3v) is 8.54. The number of anilines is 1. The van der Waals surface area contributed by atoms with Crippen molar-refractivity contribution in [1.29, 1.82) is 0 Å². The third-order valence-electron chi connectivity index (χ3n) is 8.54. The molecule has 4 heterocycles. The SMILES string of the molecule is CC[C@]1(c2ccccc2F)[C@@H]2CCN(c3cnc4c(C5=CC6=CC=NC(=O)C6C=C5)[nH]nc4n3)C[C@@H]21. The van der Waals surface area contributed by atoms with Gasteiger partial charge in [0.1, 0.15) is 17.2 Å². The molecule has 36 heavy (non-hydrogen) atoms. The number of halogens is 1. The van der Waals surface area contributed by atoms with Gasteiger partial charge in [-0.1, -0.05) is 37.3 Å². The molecule has 0 radical (unpaired) electrons. The molecule has 1 saturated carbocycles. The number of hydrogen-bond donors (Lipinski definition) is 1. The molecule has 0 bridgehead atoms. The van der Waals surface area contributed by atoms with Gasteiger partial charge < -0.3 is 4.90 Å². The zero-order chi connectivity index (χ0) is 24.4. The van der Waals surface area contributed by atoms with Gasteiger partial charge in [0.2, 0.25) is 5.65 Å². The van der Waals surface area contributed by atoms with Crippen LogP contribution >= 0.6 is 0 Å². The molecule has 1 amide bonds. The van der Waals surface area contributed by atoms with Crippen LogP contribution in [-0.4, -0.2) is 45.4 Å². The number of amides is 1. The van der Waals surface area contributed by atoms with Crippen molar-refractivity contribution in [2.45, 2.75) is 25.2 Å². The Balaban J connectivity index is 1.16. The number of carbonyl (C=O) groups is 1. The van der Waals surface area contributed by atoms with E-state index in [1.54, 1.807) is 18.3 Å². The summed E-state index contributed by atoms with van der Waals surface area (Å²) in [6.45, 7) is 3.88. The standard InChI is InChI=1S/C28H25FN6O/c1-2-28(20-5-3-4-6-22(20)29)19-10-12-35(15-21(19)28)23-14-31-25-24(33-34-26(25)32-23)17-7-8-18-16(13-17)9-11-30-27(18)36/h3-9,11,13-14,18-19,21H,2,10,12,15H2,1H3,(H,32,33,34)/t18?,19-,21+,28-/m1/s1. The number of aliphatic imine (C=N–C) groups is 1. The van der Waals surface area contributed by atoms with E-state index in [-0.39, 0.29) is 23.1 Å². The van der Waals surface area contributed by atoms with E-state index in [9.17, 15) is 9.18 Å². The average Bonchev–Trinajstić information content (AvgIpc) is 3.36. The summed E-state index contributed by atoms with van der Waals surface area (Å²) in [4.78, 5) is 27.7. The molecule has 8 heteroatoms. The molecule has 1 saturated heterocycles. The van der Waals surface area contributed by atoms with Gasteiger partial charge in [-0.15, -0.1) is 0 Å². The summed E-state index contributed by atoms with van der Waals surface area (Å²) >= 11 is 0. The number of hydrogen-bond acceptors (Lipinski definition) is 5. The number of piperidine rings is 1. The predicted molar refractivity (Wildman–Crippen MR) is 136 cm³/mol. The van der Waals surface area contributed by atoms with E-state index in [1.165, 1.54) is 0 Å². The number of rotatable bonds is 4. The second-order valence-electron chi connectivity index (χ2n) is 10.0. The third kappa shape index (κ3) is 3.00. The van der Waals surface area contributed by atoms with Crippen LogP contribution < -0.4 is 4.90 Å². The second-order valence-corrected chi connectivity index (χ2v) is 10.0. The van der Waals surface area contributed by atoms with Crippen molar-refractivity contribution in [2.24, 2.45) is 22.7 Å². The molecule has 1 N–H and O–H groups in total. The number of nitrogens with one attached hydrogen (secondary N) is 1. The van der Waals surface area contributed by atoms with Gasteiger partial charge in [-0.05, 0) is 54.0 Å².